The maximum absolute atomic E-state index is 14.4. The van der Waals surface area contributed by atoms with Crippen molar-refractivity contribution >= 4 is 80.8 Å². The van der Waals surface area contributed by atoms with Gasteiger partial charge in [0.05, 0.1) is 30.3 Å². The zero-order valence-electron chi connectivity index (χ0n) is 23.5. The SMILES string of the molecule is COc1cc(O)ccc1C1C2=CCC3C(=O)N(c4ccc(I)cc4)C(=O)C3C2CC2(Cl)C(=O)N(c3ccc(F)cc3)C(=O)C12Cl. The minimum absolute atomic E-state index is 0.0871. The van der Waals surface area contributed by atoms with E-state index in [1.807, 2.05) is 6.08 Å². The normalized spacial score (nSPS) is 30.6. The van der Waals surface area contributed by atoms with Crippen LogP contribution in [-0.4, -0.2) is 45.6 Å². The number of allylic oxidation sites excluding steroid dienone is 2. The van der Waals surface area contributed by atoms with Crippen molar-refractivity contribution in [3.63, 3.8) is 0 Å². The number of methoxy groups -OCH3 is 1. The van der Waals surface area contributed by atoms with Crippen molar-refractivity contribution in [2.24, 2.45) is 17.8 Å². The molecule has 12 heteroatoms. The Morgan fingerprint density at radius 1 is 0.889 bits per heavy atom. The Kier molecular flexibility index (Phi) is 7.06. The first-order valence-corrected chi connectivity index (χ1v) is 16.0. The van der Waals surface area contributed by atoms with Gasteiger partial charge in [0.15, 0.2) is 9.75 Å². The zero-order valence-corrected chi connectivity index (χ0v) is 27.2. The lowest BCUT2D eigenvalue weighted by atomic mass is 9.56. The lowest BCUT2D eigenvalue weighted by Crippen LogP contribution is -2.60. The van der Waals surface area contributed by atoms with Gasteiger partial charge in [0.25, 0.3) is 11.8 Å². The molecule has 0 spiro atoms. The molecule has 4 amide bonds. The van der Waals surface area contributed by atoms with E-state index in [9.17, 15) is 28.7 Å². The van der Waals surface area contributed by atoms with Gasteiger partial charge in [0, 0.05) is 21.1 Å². The molecule has 0 bridgehead atoms. The van der Waals surface area contributed by atoms with Gasteiger partial charge in [-0.1, -0.05) is 17.7 Å². The fourth-order valence-corrected chi connectivity index (χ4v) is 8.81. The number of phenolic OH excluding ortho intramolecular Hbond substituents is 1. The minimum atomic E-state index is -2.11. The van der Waals surface area contributed by atoms with Gasteiger partial charge in [0.2, 0.25) is 11.8 Å². The number of nitrogens with zero attached hydrogens (tertiary/aromatic N) is 2. The predicted molar refractivity (Wildman–Crippen MR) is 173 cm³/mol. The van der Waals surface area contributed by atoms with Crippen LogP contribution in [0.3, 0.4) is 0 Å². The average molecular weight is 761 g/mol. The molecule has 4 aliphatic rings. The highest BCUT2D eigenvalue weighted by molar-refractivity contribution is 14.1. The highest BCUT2D eigenvalue weighted by atomic mass is 127. The molecule has 2 saturated heterocycles. The molecule has 2 aliphatic carbocycles. The summed E-state index contributed by atoms with van der Waals surface area (Å²) in [5.74, 6) is -6.30. The van der Waals surface area contributed by atoms with Gasteiger partial charge >= 0.3 is 0 Å². The van der Waals surface area contributed by atoms with Crippen LogP contribution in [-0.2, 0) is 19.2 Å². The molecular formula is C33H24Cl2FIN2O6. The molecule has 230 valence electrons. The maximum Gasteiger partial charge on any atom is 0.258 e. The van der Waals surface area contributed by atoms with E-state index in [1.54, 1.807) is 30.3 Å². The number of fused-ring (bicyclic) bond motifs is 4. The number of alkyl halides is 2. The van der Waals surface area contributed by atoms with Crippen LogP contribution in [0.25, 0.3) is 0 Å². The average Bonchev–Trinajstić information content (AvgIpc) is 3.36. The summed E-state index contributed by atoms with van der Waals surface area (Å²) >= 11 is 16.9. The second-order valence-electron chi connectivity index (χ2n) is 11.7. The van der Waals surface area contributed by atoms with Crippen LogP contribution in [0.1, 0.15) is 24.3 Å². The number of carbonyl (C=O) groups excluding carboxylic acids is 4. The second kappa shape index (κ2) is 10.5. The lowest BCUT2D eigenvalue weighted by Gasteiger charge is -2.50. The molecule has 8 nitrogen and oxygen atoms in total. The van der Waals surface area contributed by atoms with Gasteiger partial charge in [0.1, 0.15) is 17.3 Å². The van der Waals surface area contributed by atoms with Gasteiger partial charge in [-0.25, -0.2) is 9.29 Å². The Bertz CT molecular complexity index is 1840. The van der Waals surface area contributed by atoms with Crippen molar-refractivity contribution in [2.45, 2.75) is 28.5 Å². The smallest absolute Gasteiger partial charge is 0.258 e. The first-order valence-electron chi connectivity index (χ1n) is 14.1. The molecule has 3 aromatic rings. The van der Waals surface area contributed by atoms with Crippen molar-refractivity contribution < 1.29 is 33.4 Å². The third-order valence-electron chi connectivity index (χ3n) is 9.51. The summed E-state index contributed by atoms with van der Waals surface area (Å²) in [5.41, 5.74) is 1.48. The van der Waals surface area contributed by atoms with E-state index in [0.717, 1.165) is 20.6 Å². The number of anilines is 2. The molecule has 3 fully saturated rings. The summed E-state index contributed by atoms with van der Waals surface area (Å²) in [5, 5.41) is 10.2. The number of carbonyl (C=O) groups is 4. The number of imide groups is 2. The lowest BCUT2D eigenvalue weighted by molar-refractivity contribution is -0.125. The number of ether oxygens (including phenoxy) is 1. The van der Waals surface area contributed by atoms with Crippen LogP contribution in [0, 0.1) is 27.1 Å². The Balaban J connectivity index is 1.41. The highest BCUT2D eigenvalue weighted by Gasteiger charge is 2.77. The van der Waals surface area contributed by atoms with E-state index in [-0.39, 0.29) is 35.9 Å². The molecule has 0 aromatic heterocycles. The highest BCUT2D eigenvalue weighted by Crippen LogP contribution is 2.66. The van der Waals surface area contributed by atoms with E-state index in [4.69, 9.17) is 27.9 Å². The Morgan fingerprint density at radius 3 is 2.20 bits per heavy atom. The van der Waals surface area contributed by atoms with E-state index < -0.39 is 57.0 Å². The standard InChI is InChI=1S/C33H24Cl2FIN2O6/c1-45-25-14-20(40)10-11-22(25)27-21-12-13-23-26(29(42)38(28(23)41)18-8-4-17(37)5-9-18)24(21)15-32(34)30(43)39(31(44)33(27,32)35)19-6-2-16(36)3-7-19/h2-12,14,23-24,26-27,40H,13,15H2,1H3. The topological polar surface area (TPSA) is 104 Å². The predicted octanol–water partition coefficient (Wildman–Crippen LogP) is 5.91. The quantitative estimate of drug-likeness (QED) is 0.154. The number of amides is 4. The van der Waals surface area contributed by atoms with E-state index in [0.29, 0.717) is 16.8 Å². The largest absolute Gasteiger partial charge is 0.508 e. The molecule has 1 N–H and O–H groups in total. The van der Waals surface area contributed by atoms with Crippen LogP contribution < -0.4 is 14.5 Å². The number of phenols is 1. The van der Waals surface area contributed by atoms with Crippen LogP contribution in [0.15, 0.2) is 78.4 Å². The van der Waals surface area contributed by atoms with Gasteiger partial charge in [-0.15, -0.1) is 23.2 Å². The summed E-state index contributed by atoms with van der Waals surface area (Å²) in [7, 11) is 1.39. The van der Waals surface area contributed by atoms with Crippen molar-refractivity contribution in [3.05, 3.63) is 93.3 Å². The van der Waals surface area contributed by atoms with Crippen molar-refractivity contribution in [2.75, 3.05) is 16.9 Å². The molecule has 2 heterocycles. The van der Waals surface area contributed by atoms with Crippen molar-refractivity contribution in [1.29, 1.82) is 0 Å². The van der Waals surface area contributed by atoms with Crippen molar-refractivity contribution in [3.8, 4) is 11.5 Å². The van der Waals surface area contributed by atoms with Crippen LogP contribution in [0.2, 0.25) is 0 Å². The third kappa shape index (κ3) is 4.14. The van der Waals surface area contributed by atoms with Gasteiger partial charge in [-0.2, -0.15) is 0 Å². The second-order valence-corrected chi connectivity index (χ2v) is 14.2. The van der Waals surface area contributed by atoms with E-state index >= 15 is 0 Å². The molecule has 1 saturated carbocycles. The first kappa shape index (κ1) is 30.2. The molecule has 45 heavy (non-hydrogen) atoms. The number of rotatable bonds is 4. The van der Waals surface area contributed by atoms with Crippen LogP contribution in [0.4, 0.5) is 15.8 Å². The third-order valence-corrected chi connectivity index (χ3v) is 11.6. The molecule has 6 atom stereocenters. The molecule has 3 aromatic carbocycles. The molecule has 6 unspecified atom stereocenters. The fourth-order valence-electron chi connectivity index (χ4n) is 7.53. The van der Waals surface area contributed by atoms with Gasteiger partial charge in [-0.3, -0.25) is 24.1 Å². The number of hydrogen-bond donors (Lipinski definition) is 1. The summed E-state index contributed by atoms with van der Waals surface area (Å²) in [6, 6.07) is 16.2. The number of aromatic hydroxyl groups is 1. The monoisotopic (exact) mass is 760 g/mol. The fraction of sp³-hybridized carbons (Fsp3) is 0.273. The first-order chi connectivity index (χ1) is 21.4. The van der Waals surface area contributed by atoms with Crippen LogP contribution in [0.5, 0.6) is 11.5 Å². The summed E-state index contributed by atoms with van der Waals surface area (Å²) in [4.78, 5) is 54.6. The Morgan fingerprint density at radius 2 is 1.53 bits per heavy atom. The summed E-state index contributed by atoms with van der Waals surface area (Å²) in [6.07, 6.45) is 1.82. The number of benzene rings is 3. The van der Waals surface area contributed by atoms with E-state index in [1.165, 1.54) is 36.3 Å². The minimum Gasteiger partial charge on any atom is -0.508 e. The molecule has 7 rings (SSSR count). The Hall–Kier alpha value is -3.48. The van der Waals surface area contributed by atoms with Gasteiger partial charge in [-0.05, 0) is 95.9 Å². The van der Waals surface area contributed by atoms with Crippen molar-refractivity contribution in [1.82, 2.24) is 0 Å². The summed E-state index contributed by atoms with van der Waals surface area (Å²) in [6.45, 7) is 0. The van der Waals surface area contributed by atoms with Crippen LogP contribution >= 0.6 is 45.8 Å². The maximum atomic E-state index is 14.4. The van der Waals surface area contributed by atoms with E-state index in [2.05, 4.69) is 22.6 Å². The molecular weight excluding hydrogens is 737 g/mol. The van der Waals surface area contributed by atoms with Gasteiger partial charge < -0.3 is 9.84 Å². The zero-order chi connectivity index (χ0) is 32.0. The summed E-state index contributed by atoms with van der Waals surface area (Å²) < 4.78 is 20.4. The number of hydrogen-bond acceptors (Lipinski definition) is 6. The number of halogens is 4. The molecule has 0 radical (unpaired) electrons. The Labute approximate surface area is 280 Å². The molecule has 2 aliphatic heterocycles.